The maximum absolute atomic E-state index is 11.6. The van der Waals surface area contributed by atoms with Crippen LogP contribution >= 0.6 is 15.9 Å². The highest BCUT2D eigenvalue weighted by atomic mass is 79.9. The number of nitrogens with one attached hydrogen (secondary N) is 2. The summed E-state index contributed by atoms with van der Waals surface area (Å²) in [6.45, 7) is 4.00. The van der Waals surface area contributed by atoms with Crippen LogP contribution in [0, 0.1) is 0 Å². The summed E-state index contributed by atoms with van der Waals surface area (Å²) in [5.41, 5.74) is 0.350. The summed E-state index contributed by atoms with van der Waals surface area (Å²) in [7, 11) is 0. The Morgan fingerprint density at radius 3 is 2.61 bits per heavy atom. The Morgan fingerprint density at radius 2 is 2.06 bits per heavy atom. The Balaban J connectivity index is 2.78. The standard InChI is InChI=1S/C12H15BrN2O3/c1-7(2)14-6-11(16)15-10-4-3-8(13)5-9(10)12(17)18/h3-5,7,14H,6H2,1-2H3,(H,15,16)(H,17,18). The molecular weight excluding hydrogens is 300 g/mol. The van der Waals surface area contributed by atoms with Crippen molar-refractivity contribution in [3.05, 3.63) is 28.2 Å². The quantitative estimate of drug-likeness (QED) is 0.777. The lowest BCUT2D eigenvalue weighted by atomic mass is 10.2. The van der Waals surface area contributed by atoms with Crippen molar-refractivity contribution in [3.8, 4) is 0 Å². The number of benzene rings is 1. The van der Waals surface area contributed by atoms with Gasteiger partial charge in [-0.15, -0.1) is 0 Å². The summed E-state index contributed by atoms with van der Waals surface area (Å²) in [6.07, 6.45) is 0. The van der Waals surface area contributed by atoms with Crippen molar-refractivity contribution in [1.29, 1.82) is 0 Å². The predicted molar refractivity (Wildman–Crippen MR) is 72.9 cm³/mol. The minimum atomic E-state index is -1.08. The van der Waals surface area contributed by atoms with Crippen molar-refractivity contribution in [2.24, 2.45) is 0 Å². The lowest BCUT2D eigenvalue weighted by Gasteiger charge is -2.11. The molecule has 0 fully saturated rings. The summed E-state index contributed by atoms with van der Waals surface area (Å²) in [5, 5.41) is 14.6. The molecule has 0 atom stereocenters. The number of amides is 1. The summed E-state index contributed by atoms with van der Waals surface area (Å²) < 4.78 is 0.651. The molecule has 0 aromatic heterocycles. The first-order chi connectivity index (χ1) is 8.40. The highest BCUT2D eigenvalue weighted by Gasteiger charge is 2.12. The average Bonchev–Trinajstić information content (AvgIpc) is 2.28. The molecule has 0 spiro atoms. The maximum atomic E-state index is 11.6. The maximum Gasteiger partial charge on any atom is 0.337 e. The van der Waals surface area contributed by atoms with E-state index in [4.69, 9.17) is 5.11 Å². The van der Waals surface area contributed by atoms with Gasteiger partial charge in [0.2, 0.25) is 5.91 Å². The third kappa shape index (κ3) is 4.46. The van der Waals surface area contributed by atoms with Crippen LogP contribution in [0.4, 0.5) is 5.69 Å². The first kappa shape index (κ1) is 14.7. The van der Waals surface area contributed by atoms with Crippen molar-refractivity contribution < 1.29 is 14.7 Å². The summed E-state index contributed by atoms with van der Waals surface area (Å²) in [6, 6.07) is 4.88. The van der Waals surface area contributed by atoms with Crippen LogP contribution in [0.2, 0.25) is 0 Å². The zero-order valence-electron chi connectivity index (χ0n) is 10.2. The van der Waals surface area contributed by atoms with Gasteiger partial charge >= 0.3 is 5.97 Å². The second kappa shape index (κ2) is 6.51. The average molecular weight is 315 g/mol. The summed E-state index contributed by atoms with van der Waals surface area (Å²) >= 11 is 3.19. The van der Waals surface area contributed by atoms with Crippen LogP contribution in [-0.2, 0) is 4.79 Å². The molecule has 0 radical (unpaired) electrons. The lowest BCUT2D eigenvalue weighted by molar-refractivity contribution is -0.115. The molecule has 3 N–H and O–H groups in total. The second-order valence-electron chi connectivity index (χ2n) is 4.08. The van der Waals surface area contributed by atoms with E-state index in [0.29, 0.717) is 10.2 Å². The van der Waals surface area contributed by atoms with E-state index in [0.717, 1.165) is 0 Å². The molecule has 1 rings (SSSR count). The van der Waals surface area contributed by atoms with Gasteiger partial charge in [0.05, 0.1) is 17.8 Å². The molecule has 1 amide bonds. The van der Waals surface area contributed by atoms with E-state index in [2.05, 4.69) is 26.6 Å². The van der Waals surface area contributed by atoms with Gasteiger partial charge in [0.15, 0.2) is 0 Å². The zero-order valence-corrected chi connectivity index (χ0v) is 11.7. The van der Waals surface area contributed by atoms with Crippen LogP contribution in [0.3, 0.4) is 0 Å². The molecule has 0 saturated heterocycles. The third-order valence-electron chi connectivity index (χ3n) is 2.16. The Kier molecular flexibility index (Phi) is 5.30. The van der Waals surface area contributed by atoms with Crippen molar-refractivity contribution in [2.75, 3.05) is 11.9 Å². The van der Waals surface area contributed by atoms with Gasteiger partial charge in [0, 0.05) is 10.5 Å². The molecule has 1 aromatic rings. The predicted octanol–water partition coefficient (Wildman–Crippen LogP) is 2.08. The highest BCUT2D eigenvalue weighted by molar-refractivity contribution is 9.10. The van der Waals surface area contributed by atoms with Crippen LogP contribution in [0.25, 0.3) is 0 Å². The number of carboxylic acids is 1. The monoisotopic (exact) mass is 314 g/mol. The number of halogens is 1. The van der Waals surface area contributed by atoms with E-state index in [-0.39, 0.29) is 24.1 Å². The molecule has 18 heavy (non-hydrogen) atoms. The minimum Gasteiger partial charge on any atom is -0.478 e. The highest BCUT2D eigenvalue weighted by Crippen LogP contribution is 2.21. The van der Waals surface area contributed by atoms with Crippen LogP contribution in [-0.4, -0.2) is 29.6 Å². The number of carboxylic acid groups (broad SMARTS) is 1. The number of hydrogen-bond donors (Lipinski definition) is 3. The first-order valence-corrected chi connectivity index (χ1v) is 6.25. The van der Waals surface area contributed by atoms with Crippen LogP contribution in [0.15, 0.2) is 22.7 Å². The number of carbonyl (C=O) groups excluding carboxylic acids is 1. The van der Waals surface area contributed by atoms with Gasteiger partial charge in [-0.05, 0) is 18.2 Å². The normalized spacial score (nSPS) is 10.4. The fourth-order valence-corrected chi connectivity index (χ4v) is 1.65. The van der Waals surface area contributed by atoms with Gasteiger partial charge < -0.3 is 15.7 Å². The second-order valence-corrected chi connectivity index (χ2v) is 4.99. The molecule has 0 aliphatic carbocycles. The Hall–Kier alpha value is -1.40. The first-order valence-electron chi connectivity index (χ1n) is 5.46. The molecule has 6 heteroatoms. The van der Waals surface area contributed by atoms with Crippen molar-refractivity contribution in [3.63, 3.8) is 0 Å². The number of carbonyl (C=O) groups is 2. The van der Waals surface area contributed by atoms with E-state index in [1.165, 1.54) is 6.07 Å². The smallest absolute Gasteiger partial charge is 0.337 e. The molecule has 98 valence electrons. The number of hydrogen-bond acceptors (Lipinski definition) is 3. The molecule has 1 aromatic carbocycles. The van der Waals surface area contributed by atoms with Gasteiger partial charge in [-0.1, -0.05) is 29.8 Å². The Labute approximate surface area is 114 Å². The van der Waals surface area contributed by atoms with Gasteiger partial charge in [-0.2, -0.15) is 0 Å². The van der Waals surface area contributed by atoms with Crippen LogP contribution < -0.4 is 10.6 Å². The number of anilines is 1. The lowest BCUT2D eigenvalue weighted by Crippen LogP contribution is -2.33. The molecule has 5 nitrogen and oxygen atoms in total. The van der Waals surface area contributed by atoms with Gasteiger partial charge in [0.25, 0.3) is 0 Å². The summed E-state index contributed by atoms with van der Waals surface area (Å²) in [5.74, 6) is -1.35. The van der Waals surface area contributed by atoms with Crippen molar-refractivity contribution >= 4 is 33.5 Å². The number of rotatable bonds is 5. The van der Waals surface area contributed by atoms with Gasteiger partial charge in [-0.25, -0.2) is 4.79 Å². The Bertz CT molecular complexity index is 461. The molecule has 0 heterocycles. The van der Waals surface area contributed by atoms with E-state index < -0.39 is 5.97 Å². The van der Waals surface area contributed by atoms with Crippen molar-refractivity contribution in [2.45, 2.75) is 19.9 Å². The van der Waals surface area contributed by atoms with Gasteiger partial charge in [-0.3, -0.25) is 4.79 Å². The number of aromatic carboxylic acids is 1. The van der Waals surface area contributed by atoms with Gasteiger partial charge in [0.1, 0.15) is 0 Å². The van der Waals surface area contributed by atoms with E-state index in [1.54, 1.807) is 12.1 Å². The van der Waals surface area contributed by atoms with Crippen molar-refractivity contribution in [1.82, 2.24) is 5.32 Å². The molecular formula is C12H15BrN2O3. The van der Waals surface area contributed by atoms with Crippen LogP contribution in [0.1, 0.15) is 24.2 Å². The Morgan fingerprint density at radius 1 is 1.39 bits per heavy atom. The molecule has 0 bridgehead atoms. The molecule has 0 aliphatic rings. The van der Waals surface area contributed by atoms with E-state index in [9.17, 15) is 9.59 Å². The third-order valence-corrected chi connectivity index (χ3v) is 2.65. The fraction of sp³-hybridized carbons (Fsp3) is 0.333. The topological polar surface area (TPSA) is 78.4 Å². The molecule has 0 saturated carbocycles. The van der Waals surface area contributed by atoms with E-state index >= 15 is 0 Å². The zero-order chi connectivity index (χ0) is 13.7. The largest absolute Gasteiger partial charge is 0.478 e. The SMILES string of the molecule is CC(C)NCC(=O)Nc1ccc(Br)cc1C(=O)O. The fourth-order valence-electron chi connectivity index (χ4n) is 1.29. The molecule has 0 unspecified atom stereocenters. The molecule has 0 aliphatic heterocycles. The summed E-state index contributed by atoms with van der Waals surface area (Å²) in [4.78, 5) is 22.6. The van der Waals surface area contributed by atoms with E-state index in [1.807, 2.05) is 13.8 Å². The minimum absolute atomic E-state index is 0.0577. The van der Waals surface area contributed by atoms with Crippen LogP contribution in [0.5, 0.6) is 0 Å².